The molecule has 0 aliphatic carbocycles. The molecule has 0 aliphatic heterocycles. The minimum Gasteiger partial charge on any atom is -0.480 e. The van der Waals surface area contributed by atoms with Crippen molar-refractivity contribution in [2.24, 2.45) is 5.73 Å². The first kappa shape index (κ1) is 11.6. The molecule has 3 N–H and O–H groups in total. The number of carbonyl (C=O) groups is 1. The van der Waals surface area contributed by atoms with Gasteiger partial charge >= 0.3 is 5.97 Å². The van der Waals surface area contributed by atoms with Gasteiger partial charge in [0.2, 0.25) is 0 Å². The van der Waals surface area contributed by atoms with Crippen molar-refractivity contribution in [3.05, 3.63) is 35.3 Å². The van der Waals surface area contributed by atoms with E-state index in [9.17, 15) is 4.79 Å². The van der Waals surface area contributed by atoms with Crippen LogP contribution in [0.15, 0.2) is 18.3 Å². The Bertz CT molecular complexity index is 574. The van der Waals surface area contributed by atoms with E-state index in [0.29, 0.717) is 0 Å². The number of nitrogens with two attached hydrogens (primary N) is 1. The van der Waals surface area contributed by atoms with Crippen molar-refractivity contribution in [2.75, 3.05) is 0 Å². The predicted octanol–water partition coefficient (Wildman–Crippen LogP) is 0.906. The van der Waals surface area contributed by atoms with Crippen LogP contribution < -0.4 is 5.73 Å². The van der Waals surface area contributed by atoms with Crippen LogP contribution in [0.4, 0.5) is 0 Å². The van der Waals surface area contributed by atoms with Gasteiger partial charge in [0.05, 0.1) is 5.69 Å². The Hall–Kier alpha value is -1.88. The number of carboxylic acids is 1. The van der Waals surface area contributed by atoms with Crippen molar-refractivity contribution in [1.29, 1.82) is 0 Å². The van der Waals surface area contributed by atoms with Gasteiger partial charge < -0.3 is 15.2 Å². The summed E-state index contributed by atoms with van der Waals surface area (Å²) in [5.41, 5.74) is 9.15. The molecule has 0 spiro atoms. The van der Waals surface area contributed by atoms with Gasteiger partial charge in [0, 0.05) is 18.3 Å². The Morgan fingerprint density at radius 1 is 1.59 bits per heavy atom. The minimum atomic E-state index is -1.00. The van der Waals surface area contributed by atoms with Crippen molar-refractivity contribution in [3.63, 3.8) is 0 Å². The molecule has 0 radical (unpaired) electrons. The summed E-state index contributed by atoms with van der Waals surface area (Å²) in [4.78, 5) is 15.1. The number of hydrogen-bond donors (Lipinski definition) is 2. The Morgan fingerprint density at radius 2 is 2.29 bits per heavy atom. The average molecular weight is 233 g/mol. The molecule has 2 aromatic heterocycles. The van der Waals surface area contributed by atoms with Crippen molar-refractivity contribution < 1.29 is 9.90 Å². The van der Waals surface area contributed by atoms with Gasteiger partial charge in [-0.2, -0.15) is 0 Å². The number of fused-ring (bicyclic) bond motifs is 1. The van der Waals surface area contributed by atoms with Crippen LogP contribution in [0.5, 0.6) is 0 Å². The molecule has 5 heteroatoms. The first-order chi connectivity index (χ1) is 7.99. The van der Waals surface area contributed by atoms with E-state index in [1.807, 2.05) is 36.6 Å². The zero-order valence-corrected chi connectivity index (χ0v) is 9.84. The molecule has 0 aliphatic rings. The Kier molecular flexibility index (Phi) is 2.85. The lowest BCUT2D eigenvalue weighted by Gasteiger charge is -2.04. The molecule has 0 saturated heterocycles. The van der Waals surface area contributed by atoms with Crippen LogP contribution in [0.2, 0.25) is 0 Å². The van der Waals surface area contributed by atoms with Gasteiger partial charge in [-0.3, -0.25) is 4.79 Å². The van der Waals surface area contributed by atoms with Crippen LogP contribution in [0.3, 0.4) is 0 Å². The summed E-state index contributed by atoms with van der Waals surface area (Å²) in [5, 5.41) is 8.79. The zero-order chi connectivity index (χ0) is 12.6. The van der Waals surface area contributed by atoms with Gasteiger partial charge in [-0.05, 0) is 31.5 Å². The quantitative estimate of drug-likeness (QED) is 0.825. The molecular formula is C12H15N3O2. The first-order valence-electron chi connectivity index (χ1n) is 5.41. The number of rotatable bonds is 3. The lowest BCUT2D eigenvalue weighted by atomic mass is 10.1. The van der Waals surface area contributed by atoms with Gasteiger partial charge in [-0.1, -0.05) is 0 Å². The molecule has 1 unspecified atom stereocenters. The first-order valence-corrected chi connectivity index (χ1v) is 5.41. The van der Waals surface area contributed by atoms with E-state index in [-0.39, 0.29) is 6.42 Å². The fourth-order valence-electron chi connectivity index (χ4n) is 1.81. The molecule has 0 saturated carbocycles. The van der Waals surface area contributed by atoms with Crippen LogP contribution in [0, 0.1) is 13.8 Å². The average Bonchev–Trinajstić information content (AvgIpc) is 2.55. The molecule has 17 heavy (non-hydrogen) atoms. The second-order valence-electron chi connectivity index (χ2n) is 4.23. The highest BCUT2D eigenvalue weighted by Crippen LogP contribution is 2.14. The normalized spacial score (nSPS) is 12.9. The van der Waals surface area contributed by atoms with Crippen LogP contribution in [-0.2, 0) is 11.2 Å². The van der Waals surface area contributed by atoms with Crippen LogP contribution in [0.1, 0.15) is 17.0 Å². The molecule has 0 bridgehead atoms. The molecule has 5 nitrogen and oxygen atoms in total. The van der Waals surface area contributed by atoms with E-state index >= 15 is 0 Å². The SMILES string of the molecule is Cc1ccn2c(C)c(CC(N)C(=O)O)nc2c1. The molecule has 0 aromatic carbocycles. The number of aromatic nitrogens is 2. The van der Waals surface area contributed by atoms with Crippen molar-refractivity contribution in [1.82, 2.24) is 9.38 Å². The zero-order valence-electron chi connectivity index (χ0n) is 9.84. The molecule has 2 aromatic rings. The van der Waals surface area contributed by atoms with E-state index < -0.39 is 12.0 Å². The number of imidazole rings is 1. The number of aryl methyl sites for hydroxylation is 2. The van der Waals surface area contributed by atoms with Crippen molar-refractivity contribution in [3.8, 4) is 0 Å². The van der Waals surface area contributed by atoms with Gasteiger partial charge in [0.1, 0.15) is 11.7 Å². The lowest BCUT2D eigenvalue weighted by Crippen LogP contribution is -2.32. The van der Waals surface area contributed by atoms with Crippen molar-refractivity contribution in [2.45, 2.75) is 26.3 Å². The molecule has 2 heterocycles. The number of nitrogens with zero attached hydrogens (tertiary/aromatic N) is 2. The lowest BCUT2D eigenvalue weighted by molar-refractivity contribution is -0.138. The van der Waals surface area contributed by atoms with E-state index in [1.54, 1.807) is 0 Å². The van der Waals surface area contributed by atoms with E-state index in [1.165, 1.54) is 0 Å². The minimum absolute atomic E-state index is 0.252. The monoisotopic (exact) mass is 233 g/mol. The molecule has 0 fully saturated rings. The van der Waals surface area contributed by atoms with Crippen LogP contribution in [-0.4, -0.2) is 26.5 Å². The van der Waals surface area contributed by atoms with Crippen LogP contribution >= 0.6 is 0 Å². The highest BCUT2D eigenvalue weighted by molar-refractivity contribution is 5.73. The largest absolute Gasteiger partial charge is 0.480 e. The summed E-state index contributed by atoms with van der Waals surface area (Å²) in [6, 6.07) is 3.05. The smallest absolute Gasteiger partial charge is 0.320 e. The highest BCUT2D eigenvalue weighted by Gasteiger charge is 2.16. The number of pyridine rings is 1. The van der Waals surface area contributed by atoms with E-state index in [2.05, 4.69) is 4.98 Å². The summed E-state index contributed by atoms with van der Waals surface area (Å²) in [6.07, 6.45) is 2.19. The summed E-state index contributed by atoms with van der Waals surface area (Å²) in [6.45, 7) is 3.91. The topological polar surface area (TPSA) is 80.6 Å². The Morgan fingerprint density at radius 3 is 2.94 bits per heavy atom. The van der Waals surface area contributed by atoms with E-state index in [4.69, 9.17) is 10.8 Å². The standard InChI is InChI=1S/C12H15N3O2/c1-7-3-4-15-8(2)10(14-11(15)5-7)6-9(13)12(16)17/h3-5,9H,6,13H2,1-2H3,(H,16,17). The van der Waals surface area contributed by atoms with Gasteiger partial charge in [0.15, 0.2) is 0 Å². The molecule has 90 valence electrons. The highest BCUT2D eigenvalue weighted by atomic mass is 16.4. The Labute approximate surface area is 98.9 Å². The molecule has 0 amide bonds. The maximum atomic E-state index is 10.7. The van der Waals surface area contributed by atoms with Gasteiger partial charge in [0.25, 0.3) is 0 Å². The fraction of sp³-hybridized carbons (Fsp3) is 0.333. The second-order valence-corrected chi connectivity index (χ2v) is 4.23. The third kappa shape index (κ3) is 2.14. The maximum absolute atomic E-state index is 10.7. The third-order valence-electron chi connectivity index (χ3n) is 2.85. The summed E-state index contributed by atoms with van der Waals surface area (Å²) >= 11 is 0. The van der Waals surface area contributed by atoms with Crippen LogP contribution in [0.25, 0.3) is 5.65 Å². The molecular weight excluding hydrogens is 218 g/mol. The number of aliphatic carboxylic acids is 1. The molecule has 1 atom stereocenters. The second kappa shape index (κ2) is 4.18. The predicted molar refractivity (Wildman–Crippen MR) is 64.0 cm³/mol. The van der Waals surface area contributed by atoms with Gasteiger partial charge in [-0.25, -0.2) is 4.98 Å². The Balaban J connectivity index is 2.42. The summed E-state index contributed by atoms with van der Waals surface area (Å²) in [5.74, 6) is -1.00. The number of hydrogen-bond acceptors (Lipinski definition) is 3. The number of carboxylic acid groups (broad SMARTS) is 1. The van der Waals surface area contributed by atoms with E-state index in [0.717, 1.165) is 22.6 Å². The third-order valence-corrected chi connectivity index (χ3v) is 2.85. The maximum Gasteiger partial charge on any atom is 0.320 e. The fourth-order valence-corrected chi connectivity index (χ4v) is 1.81. The molecule has 2 rings (SSSR count). The van der Waals surface area contributed by atoms with Gasteiger partial charge in [-0.15, -0.1) is 0 Å². The summed E-state index contributed by atoms with van der Waals surface area (Å²) in [7, 11) is 0. The summed E-state index contributed by atoms with van der Waals surface area (Å²) < 4.78 is 1.94. The van der Waals surface area contributed by atoms with Crippen molar-refractivity contribution >= 4 is 11.6 Å².